The van der Waals surface area contributed by atoms with Crippen LogP contribution in [0.25, 0.3) is 0 Å². The normalized spacial score (nSPS) is 12.9. The van der Waals surface area contributed by atoms with Gasteiger partial charge in [-0.25, -0.2) is 0 Å². The molecule has 0 rings (SSSR count). The van der Waals surface area contributed by atoms with E-state index in [0.29, 0.717) is 13.2 Å². The number of rotatable bonds is 14. The van der Waals surface area contributed by atoms with Crippen LogP contribution in [0.5, 0.6) is 0 Å². The molecule has 9 heteroatoms. The van der Waals surface area contributed by atoms with Crippen molar-refractivity contribution in [2.75, 3.05) is 55.9 Å². The van der Waals surface area contributed by atoms with Gasteiger partial charge in [-0.15, -0.1) is 0 Å². The Morgan fingerprint density at radius 2 is 0.810 bits per heavy atom. The molecule has 0 aliphatic heterocycles. The van der Waals surface area contributed by atoms with Crippen LogP contribution in [0.4, 0.5) is 0 Å². The first kappa shape index (κ1) is 21.2. The van der Waals surface area contributed by atoms with Crippen LogP contribution >= 0.6 is 0 Å². The zero-order chi connectivity index (χ0) is 16.2. The SMILES string of the molecule is CO[Si](CCCOCCC[Si](OC)(OC)OC)(OC)OC. The van der Waals surface area contributed by atoms with E-state index in [-0.39, 0.29) is 0 Å². The minimum absolute atomic E-state index is 0.645. The van der Waals surface area contributed by atoms with Crippen LogP contribution in [0.2, 0.25) is 12.1 Å². The second kappa shape index (κ2) is 11.7. The van der Waals surface area contributed by atoms with Gasteiger partial charge >= 0.3 is 17.6 Å². The summed E-state index contributed by atoms with van der Waals surface area (Å²) < 4.78 is 37.7. The molecule has 0 fully saturated rings. The highest BCUT2D eigenvalue weighted by molar-refractivity contribution is 6.60. The third-order valence-electron chi connectivity index (χ3n) is 3.41. The van der Waals surface area contributed by atoms with Gasteiger partial charge in [0.1, 0.15) is 0 Å². The van der Waals surface area contributed by atoms with Crippen molar-refractivity contribution in [2.45, 2.75) is 24.9 Å². The smallest absolute Gasteiger partial charge is 0.381 e. The molecule has 0 heterocycles. The molecule has 7 nitrogen and oxygen atoms in total. The first-order valence-corrected chi connectivity index (χ1v) is 10.8. The lowest BCUT2D eigenvalue weighted by Crippen LogP contribution is -2.43. The van der Waals surface area contributed by atoms with Crippen molar-refractivity contribution < 1.29 is 31.3 Å². The molecule has 0 aliphatic rings. The van der Waals surface area contributed by atoms with Crippen molar-refractivity contribution in [3.63, 3.8) is 0 Å². The van der Waals surface area contributed by atoms with E-state index in [1.807, 2.05) is 0 Å². The van der Waals surface area contributed by atoms with Gasteiger partial charge in [-0.2, -0.15) is 0 Å². The summed E-state index contributed by atoms with van der Waals surface area (Å²) in [5.74, 6) is 0. The highest BCUT2D eigenvalue weighted by Gasteiger charge is 2.37. The molecule has 0 N–H and O–H groups in total. The second-order valence-corrected chi connectivity index (χ2v) is 10.6. The average molecular weight is 343 g/mol. The minimum atomic E-state index is -2.47. The fourth-order valence-corrected chi connectivity index (χ4v) is 5.38. The third-order valence-corrected chi connectivity index (χ3v) is 9.07. The van der Waals surface area contributed by atoms with Crippen molar-refractivity contribution in [3.8, 4) is 0 Å². The van der Waals surface area contributed by atoms with Crippen LogP contribution in [0.15, 0.2) is 0 Å². The Morgan fingerprint density at radius 1 is 0.524 bits per heavy atom. The van der Waals surface area contributed by atoms with Crippen molar-refractivity contribution >= 4 is 17.6 Å². The third kappa shape index (κ3) is 7.30. The molecule has 0 bridgehead atoms. The van der Waals surface area contributed by atoms with Crippen LogP contribution < -0.4 is 0 Å². The summed E-state index contributed by atoms with van der Waals surface area (Å²) in [4.78, 5) is 0. The Labute approximate surface area is 130 Å². The van der Waals surface area contributed by atoms with E-state index in [9.17, 15) is 0 Å². The lowest BCUT2D eigenvalue weighted by atomic mass is 10.5. The van der Waals surface area contributed by atoms with Gasteiger partial charge in [0.05, 0.1) is 0 Å². The molecule has 0 spiro atoms. The maximum atomic E-state index is 5.60. The highest BCUT2D eigenvalue weighted by Crippen LogP contribution is 2.16. The van der Waals surface area contributed by atoms with E-state index in [1.165, 1.54) is 0 Å². The summed E-state index contributed by atoms with van der Waals surface area (Å²) in [6, 6.07) is 1.48. The lowest BCUT2D eigenvalue weighted by Gasteiger charge is -2.24. The van der Waals surface area contributed by atoms with Gasteiger partial charge in [-0.1, -0.05) is 0 Å². The summed E-state index contributed by atoms with van der Waals surface area (Å²) in [6.45, 7) is 1.29. The fraction of sp³-hybridized carbons (Fsp3) is 1.00. The van der Waals surface area contributed by atoms with Gasteiger partial charge in [0.25, 0.3) is 0 Å². The molecular weight excluding hydrogens is 312 g/mol. The molecule has 128 valence electrons. The Kier molecular flexibility index (Phi) is 11.8. The van der Waals surface area contributed by atoms with Crippen LogP contribution in [-0.4, -0.2) is 73.5 Å². The lowest BCUT2D eigenvalue weighted by molar-refractivity contribution is 0.0996. The monoisotopic (exact) mass is 342 g/mol. The molecule has 0 unspecified atom stereocenters. The minimum Gasteiger partial charge on any atom is -0.381 e. The summed E-state index contributed by atoms with van der Waals surface area (Å²) in [5, 5.41) is 0. The van der Waals surface area contributed by atoms with Crippen LogP contribution in [-0.2, 0) is 31.3 Å². The molecule has 21 heavy (non-hydrogen) atoms. The molecule has 0 aromatic heterocycles. The van der Waals surface area contributed by atoms with E-state index < -0.39 is 17.6 Å². The second-order valence-electron chi connectivity index (χ2n) is 4.41. The standard InChI is InChI=1S/C12H30O7Si2/c1-13-20(14-2,15-3)11-7-9-19-10-8-12-21(16-4,17-5)18-6/h7-12H2,1-6H3. The average Bonchev–Trinajstić information content (AvgIpc) is 2.55. The summed E-state index contributed by atoms with van der Waals surface area (Å²) in [7, 11) is 4.76. The summed E-state index contributed by atoms with van der Waals surface area (Å²) >= 11 is 0. The zero-order valence-electron chi connectivity index (χ0n) is 14.1. The number of hydrogen-bond acceptors (Lipinski definition) is 7. The van der Waals surface area contributed by atoms with E-state index in [0.717, 1.165) is 24.9 Å². The Bertz CT molecular complexity index is 207. The first-order chi connectivity index (χ1) is 10.1. The molecule has 0 aromatic carbocycles. The quantitative estimate of drug-likeness (QED) is 0.350. The molecule has 0 radical (unpaired) electrons. The van der Waals surface area contributed by atoms with Gasteiger partial charge in [-0.3, -0.25) is 0 Å². The number of ether oxygens (including phenoxy) is 1. The van der Waals surface area contributed by atoms with Crippen LogP contribution in [0, 0.1) is 0 Å². The van der Waals surface area contributed by atoms with Crippen molar-refractivity contribution in [1.82, 2.24) is 0 Å². The molecule has 0 amide bonds. The van der Waals surface area contributed by atoms with Crippen molar-refractivity contribution in [3.05, 3.63) is 0 Å². The Balaban J connectivity index is 3.78. The summed E-state index contributed by atoms with van der Waals surface area (Å²) in [5.41, 5.74) is 0. The van der Waals surface area contributed by atoms with Crippen molar-refractivity contribution in [1.29, 1.82) is 0 Å². The fourth-order valence-electron chi connectivity index (χ4n) is 2.00. The molecule has 0 aliphatic carbocycles. The van der Waals surface area contributed by atoms with Gasteiger partial charge in [-0.05, 0) is 12.8 Å². The summed E-state index contributed by atoms with van der Waals surface area (Å²) in [6.07, 6.45) is 1.67. The van der Waals surface area contributed by atoms with Gasteiger partial charge < -0.3 is 31.3 Å². The van der Waals surface area contributed by atoms with Gasteiger partial charge in [0, 0.05) is 68.0 Å². The van der Waals surface area contributed by atoms with E-state index in [1.54, 1.807) is 42.7 Å². The topological polar surface area (TPSA) is 64.6 Å². The zero-order valence-corrected chi connectivity index (χ0v) is 16.1. The Hall–Kier alpha value is 0.154. The molecule has 0 atom stereocenters. The first-order valence-electron chi connectivity index (χ1n) is 6.96. The maximum absolute atomic E-state index is 5.60. The maximum Gasteiger partial charge on any atom is 0.500 e. The van der Waals surface area contributed by atoms with E-state index >= 15 is 0 Å². The largest absolute Gasteiger partial charge is 0.500 e. The molecular formula is C12H30O7Si2. The van der Waals surface area contributed by atoms with Crippen LogP contribution in [0.3, 0.4) is 0 Å². The van der Waals surface area contributed by atoms with Crippen LogP contribution in [0.1, 0.15) is 12.8 Å². The van der Waals surface area contributed by atoms with Gasteiger partial charge in [0.2, 0.25) is 0 Å². The predicted octanol–water partition coefficient (Wildman–Crippen LogP) is 1.54. The molecule has 0 aromatic rings. The van der Waals surface area contributed by atoms with E-state index in [2.05, 4.69) is 0 Å². The number of hydrogen-bond donors (Lipinski definition) is 0. The van der Waals surface area contributed by atoms with Gasteiger partial charge in [0.15, 0.2) is 0 Å². The highest BCUT2D eigenvalue weighted by atomic mass is 28.4. The molecule has 0 saturated carbocycles. The van der Waals surface area contributed by atoms with E-state index in [4.69, 9.17) is 31.3 Å². The molecule has 0 saturated heterocycles. The predicted molar refractivity (Wildman–Crippen MR) is 83.2 cm³/mol. The Morgan fingerprint density at radius 3 is 1.05 bits per heavy atom. The van der Waals surface area contributed by atoms with Crippen molar-refractivity contribution in [2.24, 2.45) is 0 Å².